The van der Waals surface area contributed by atoms with Gasteiger partial charge in [0.05, 0.1) is 17.6 Å². The number of sulfone groups is 1. The molecule has 1 aliphatic rings. The second-order valence-corrected chi connectivity index (χ2v) is 5.34. The Kier molecular flexibility index (Phi) is 2.35. The van der Waals surface area contributed by atoms with Crippen LogP contribution in [0.15, 0.2) is 11.2 Å². The SMILES string of the molecule is O=C1CCS(=O)(=O)c2nc(Cl)ncc2N1. The monoisotopic (exact) mass is 247 g/mol. The van der Waals surface area contributed by atoms with Crippen LogP contribution in [-0.2, 0) is 14.6 Å². The van der Waals surface area contributed by atoms with E-state index in [-0.39, 0.29) is 34.1 Å². The van der Waals surface area contributed by atoms with Crippen LogP contribution in [0.4, 0.5) is 5.69 Å². The normalized spacial score (nSPS) is 18.9. The average molecular weight is 248 g/mol. The fourth-order valence-electron chi connectivity index (χ4n) is 1.21. The fraction of sp³-hybridized carbons (Fsp3) is 0.286. The zero-order chi connectivity index (χ0) is 11.1. The van der Waals surface area contributed by atoms with Crippen LogP contribution in [0.1, 0.15) is 6.42 Å². The number of carbonyl (C=O) groups excluding carboxylic acids is 1. The Balaban J connectivity index is 2.66. The molecule has 0 bridgehead atoms. The highest BCUT2D eigenvalue weighted by atomic mass is 35.5. The second kappa shape index (κ2) is 3.42. The van der Waals surface area contributed by atoms with Crippen LogP contribution in [0.5, 0.6) is 0 Å². The minimum atomic E-state index is -3.55. The van der Waals surface area contributed by atoms with Crippen LogP contribution < -0.4 is 5.32 Å². The molecule has 1 aromatic rings. The predicted octanol–water partition coefficient (Wildman–Crippen LogP) is 0.246. The van der Waals surface area contributed by atoms with E-state index in [1.165, 1.54) is 6.20 Å². The van der Waals surface area contributed by atoms with Crippen molar-refractivity contribution in [2.45, 2.75) is 11.4 Å². The maximum Gasteiger partial charge on any atom is 0.225 e. The summed E-state index contributed by atoms with van der Waals surface area (Å²) in [4.78, 5) is 18.4. The summed E-state index contributed by atoms with van der Waals surface area (Å²) in [5.74, 6) is -0.637. The summed E-state index contributed by atoms with van der Waals surface area (Å²) in [5.41, 5.74) is 0.0851. The van der Waals surface area contributed by atoms with Crippen LogP contribution in [0, 0.1) is 0 Å². The van der Waals surface area contributed by atoms with Crippen molar-refractivity contribution in [3.8, 4) is 0 Å². The number of anilines is 1. The number of aromatic nitrogens is 2. The Morgan fingerprint density at radius 3 is 2.93 bits per heavy atom. The summed E-state index contributed by atoms with van der Waals surface area (Å²) in [6, 6.07) is 0. The van der Waals surface area contributed by atoms with Gasteiger partial charge < -0.3 is 5.32 Å². The molecular formula is C7H6ClN3O3S. The molecule has 1 aromatic heterocycles. The maximum absolute atomic E-state index is 11.6. The summed E-state index contributed by atoms with van der Waals surface area (Å²) >= 11 is 5.49. The van der Waals surface area contributed by atoms with Gasteiger partial charge in [-0.25, -0.2) is 18.4 Å². The summed E-state index contributed by atoms with van der Waals surface area (Å²) in [7, 11) is -3.55. The van der Waals surface area contributed by atoms with Crippen molar-refractivity contribution in [1.29, 1.82) is 0 Å². The molecule has 0 saturated heterocycles. The van der Waals surface area contributed by atoms with Gasteiger partial charge in [-0.2, -0.15) is 0 Å². The summed E-state index contributed by atoms with van der Waals surface area (Å²) in [6.07, 6.45) is 1.10. The number of nitrogens with one attached hydrogen (secondary N) is 1. The van der Waals surface area contributed by atoms with Gasteiger partial charge in [-0.15, -0.1) is 0 Å². The number of hydrogen-bond donors (Lipinski definition) is 1. The Morgan fingerprint density at radius 1 is 1.47 bits per heavy atom. The van der Waals surface area contributed by atoms with E-state index < -0.39 is 9.84 Å². The third-order valence-corrected chi connectivity index (χ3v) is 3.71. The molecule has 0 radical (unpaired) electrons. The van der Waals surface area contributed by atoms with E-state index in [0.29, 0.717) is 0 Å². The van der Waals surface area contributed by atoms with Crippen LogP contribution in [-0.4, -0.2) is 30.0 Å². The summed E-state index contributed by atoms with van der Waals surface area (Å²) < 4.78 is 23.3. The lowest BCUT2D eigenvalue weighted by Gasteiger charge is -2.03. The molecule has 0 fully saturated rings. The number of hydrogen-bond acceptors (Lipinski definition) is 5. The van der Waals surface area contributed by atoms with Gasteiger partial charge in [-0.05, 0) is 11.6 Å². The van der Waals surface area contributed by atoms with Gasteiger partial charge in [0.2, 0.25) is 11.2 Å². The number of nitrogens with zero attached hydrogens (tertiary/aromatic N) is 2. The van der Waals surface area contributed by atoms with Crippen LogP contribution in [0.2, 0.25) is 5.28 Å². The summed E-state index contributed by atoms with van der Waals surface area (Å²) in [6.45, 7) is 0. The first-order chi connectivity index (χ1) is 6.99. The van der Waals surface area contributed by atoms with Gasteiger partial charge in [0.15, 0.2) is 14.9 Å². The minimum Gasteiger partial charge on any atom is -0.322 e. The molecule has 0 aromatic carbocycles. The lowest BCUT2D eigenvalue weighted by Crippen LogP contribution is -2.11. The van der Waals surface area contributed by atoms with Crippen molar-refractivity contribution in [1.82, 2.24) is 9.97 Å². The smallest absolute Gasteiger partial charge is 0.225 e. The largest absolute Gasteiger partial charge is 0.322 e. The van der Waals surface area contributed by atoms with E-state index in [1.54, 1.807) is 0 Å². The van der Waals surface area contributed by atoms with Crippen molar-refractivity contribution in [3.63, 3.8) is 0 Å². The highest BCUT2D eigenvalue weighted by Crippen LogP contribution is 2.24. The van der Waals surface area contributed by atoms with E-state index >= 15 is 0 Å². The van der Waals surface area contributed by atoms with Crippen molar-refractivity contribution >= 4 is 33.0 Å². The Labute approximate surface area is 90.6 Å². The lowest BCUT2D eigenvalue weighted by atomic mass is 10.4. The van der Waals surface area contributed by atoms with E-state index in [4.69, 9.17) is 11.6 Å². The van der Waals surface area contributed by atoms with Crippen molar-refractivity contribution in [2.75, 3.05) is 11.1 Å². The first-order valence-electron chi connectivity index (χ1n) is 4.04. The van der Waals surface area contributed by atoms with Gasteiger partial charge >= 0.3 is 0 Å². The van der Waals surface area contributed by atoms with E-state index in [9.17, 15) is 13.2 Å². The molecule has 8 heteroatoms. The lowest BCUT2D eigenvalue weighted by molar-refractivity contribution is -0.115. The standard InChI is InChI=1S/C7H6ClN3O3S/c8-7-9-3-4-6(11-7)15(13,14)2-1-5(12)10-4/h3H,1-2H2,(H,10,12). The van der Waals surface area contributed by atoms with Gasteiger partial charge in [0.1, 0.15) is 0 Å². The average Bonchev–Trinajstić information content (AvgIpc) is 2.27. The molecule has 1 N–H and O–H groups in total. The van der Waals surface area contributed by atoms with Crippen LogP contribution in [0.3, 0.4) is 0 Å². The molecule has 2 rings (SSSR count). The molecule has 0 aliphatic carbocycles. The molecule has 80 valence electrons. The minimum absolute atomic E-state index is 0.0851. The highest BCUT2D eigenvalue weighted by Gasteiger charge is 2.27. The summed E-state index contributed by atoms with van der Waals surface area (Å²) in [5, 5.41) is 2.03. The molecule has 6 nitrogen and oxygen atoms in total. The van der Waals surface area contributed by atoms with Gasteiger partial charge in [0.25, 0.3) is 0 Å². The molecule has 15 heavy (non-hydrogen) atoms. The fourth-order valence-corrected chi connectivity index (χ4v) is 2.70. The van der Waals surface area contributed by atoms with Crippen molar-refractivity contribution in [3.05, 3.63) is 11.5 Å². The van der Waals surface area contributed by atoms with Crippen LogP contribution in [0.25, 0.3) is 0 Å². The van der Waals surface area contributed by atoms with Gasteiger partial charge in [-0.3, -0.25) is 4.79 Å². The van der Waals surface area contributed by atoms with Crippen molar-refractivity contribution < 1.29 is 13.2 Å². The number of amides is 1. The topological polar surface area (TPSA) is 89.0 Å². The van der Waals surface area contributed by atoms with E-state index in [1.807, 2.05) is 0 Å². The highest BCUT2D eigenvalue weighted by molar-refractivity contribution is 7.91. The second-order valence-electron chi connectivity index (χ2n) is 2.97. The Hall–Kier alpha value is -1.21. The molecular weight excluding hydrogens is 242 g/mol. The molecule has 2 heterocycles. The first kappa shape index (κ1) is 10.3. The Morgan fingerprint density at radius 2 is 2.20 bits per heavy atom. The number of halogens is 1. The molecule has 1 aliphatic heterocycles. The predicted molar refractivity (Wildman–Crippen MR) is 52.3 cm³/mol. The van der Waals surface area contributed by atoms with Gasteiger partial charge in [0, 0.05) is 6.42 Å². The van der Waals surface area contributed by atoms with Gasteiger partial charge in [-0.1, -0.05) is 0 Å². The van der Waals surface area contributed by atoms with E-state index in [0.717, 1.165) is 0 Å². The maximum atomic E-state index is 11.6. The number of rotatable bonds is 0. The van der Waals surface area contributed by atoms with Crippen molar-refractivity contribution in [2.24, 2.45) is 0 Å². The molecule has 0 atom stereocenters. The molecule has 0 spiro atoms. The quantitative estimate of drug-likeness (QED) is 0.524. The van der Waals surface area contributed by atoms with Crippen LogP contribution >= 0.6 is 11.6 Å². The molecule has 0 unspecified atom stereocenters. The first-order valence-corrected chi connectivity index (χ1v) is 6.07. The Bertz CT molecular complexity index is 528. The third kappa shape index (κ3) is 1.93. The zero-order valence-corrected chi connectivity index (χ0v) is 8.97. The molecule has 1 amide bonds. The number of fused-ring (bicyclic) bond motifs is 1. The molecule has 0 saturated carbocycles. The third-order valence-electron chi connectivity index (χ3n) is 1.89. The van der Waals surface area contributed by atoms with E-state index in [2.05, 4.69) is 15.3 Å². The zero-order valence-electron chi connectivity index (χ0n) is 7.40. The number of carbonyl (C=O) groups is 1.